The maximum Gasteiger partial charge on any atom is 0.319 e. The highest BCUT2D eigenvalue weighted by Crippen LogP contribution is 2.27. The third kappa shape index (κ3) is 7.69. The number of anilines is 3. The zero-order valence-electron chi connectivity index (χ0n) is 21.9. The molecule has 4 rings (SSSR count). The Balaban J connectivity index is 1.33. The summed E-state index contributed by atoms with van der Waals surface area (Å²) in [6.07, 6.45) is 5.43. The predicted molar refractivity (Wildman–Crippen MR) is 153 cm³/mol. The predicted octanol–water partition coefficient (Wildman–Crippen LogP) is 4.30. The molecule has 3 aromatic rings. The van der Waals surface area contributed by atoms with Crippen LogP contribution in [0.4, 0.5) is 22.0 Å². The second-order valence-corrected chi connectivity index (χ2v) is 9.43. The summed E-state index contributed by atoms with van der Waals surface area (Å²) in [5.74, 6) is 0.377. The molecule has 1 fully saturated rings. The molecule has 1 saturated heterocycles. The van der Waals surface area contributed by atoms with Gasteiger partial charge >= 0.3 is 6.03 Å². The molecule has 0 spiro atoms. The first-order valence-electron chi connectivity index (χ1n) is 13.3. The minimum Gasteiger partial charge on any atom is -0.385 e. The van der Waals surface area contributed by atoms with Crippen LogP contribution in [-0.2, 0) is 6.54 Å². The van der Waals surface area contributed by atoms with Crippen LogP contribution in [0, 0.1) is 0 Å². The van der Waals surface area contributed by atoms with Crippen LogP contribution < -0.4 is 27.0 Å². The minimum atomic E-state index is -0.306. The van der Waals surface area contributed by atoms with Crippen LogP contribution in [0.2, 0.25) is 0 Å². The number of carbonyl (C=O) groups excluding carboxylic acids is 2. The molecule has 1 aliphatic rings. The van der Waals surface area contributed by atoms with Gasteiger partial charge in [0.05, 0.1) is 5.56 Å². The number of aromatic nitrogens is 1. The lowest BCUT2D eigenvalue weighted by Gasteiger charge is -2.26. The number of hydrogen-bond acceptors (Lipinski definition) is 6. The smallest absolute Gasteiger partial charge is 0.319 e. The van der Waals surface area contributed by atoms with Crippen molar-refractivity contribution in [3.8, 4) is 11.1 Å². The van der Waals surface area contributed by atoms with Gasteiger partial charge in [-0.25, -0.2) is 9.78 Å². The fourth-order valence-electron chi connectivity index (χ4n) is 4.51. The first kappa shape index (κ1) is 26.9. The second kappa shape index (κ2) is 13.4. The molecule has 1 aliphatic heterocycles. The van der Waals surface area contributed by atoms with Crippen LogP contribution in [0.25, 0.3) is 11.1 Å². The number of amides is 3. The van der Waals surface area contributed by atoms with E-state index < -0.39 is 0 Å². The van der Waals surface area contributed by atoms with Gasteiger partial charge in [0.15, 0.2) is 0 Å². The number of nitrogens with one attached hydrogen (secondary N) is 4. The number of hydrogen-bond donors (Lipinski definition) is 5. The monoisotopic (exact) mass is 515 g/mol. The Morgan fingerprint density at radius 3 is 2.42 bits per heavy atom. The Morgan fingerprint density at radius 1 is 0.947 bits per heavy atom. The molecular formula is C29H37N7O2. The van der Waals surface area contributed by atoms with Gasteiger partial charge in [-0.3, -0.25) is 4.79 Å². The van der Waals surface area contributed by atoms with E-state index in [0.29, 0.717) is 36.7 Å². The van der Waals surface area contributed by atoms with Gasteiger partial charge in [0, 0.05) is 43.8 Å². The number of nitrogens with zero attached hydrogens (tertiary/aromatic N) is 2. The van der Waals surface area contributed by atoms with Gasteiger partial charge in [0.25, 0.3) is 5.91 Å². The molecular weight excluding hydrogens is 478 g/mol. The van der Waals surface area contributed by atoms with Crippen LogP contribution in [0.1, 0.15) is 42.1 Å². The first-order valence-corrected chi connectivity index (χ1v) is 13.3. The normalized spacial score (nSPS) is 13.5. The van der Waals surface area contributed by atoms with Crippen LogP contribution in [0.5, 0.6) is 0 Å². The van der Waals surface area contributed by atoms with Crippen molar-refractivity contribution >= 4 is 29.1 Å². The minimum absolute atomic E-state index is 0.0650. The molecule has 9 nitrogen and oxygen atoms in total. The lowest BCUT2D eigenvalue weighted by molar-refractivity contribution is 0.0947. The molecule has 38 heavy (non-hydrogen) atoms. The quantitative estimate of drug-likeness (QED) is 0.274. The summed E-state index contributed by atoms with van der Waals surface area (Å²) < 4.78 is 0. The number of likely N-dealkylation sites (tertiary alicyclic amines) is 1. The molecule has 0 bridgehead atoms. The van der Waals surface area contributed by atoms with E-state index in [0.717, 1.165) is 42.0 Å². The standard InChI is InChI=1S/C29H37N7O2/c1-2-31-26-18-23(9-12-25(26)28(37)32-14-17-36-15-4-3-5-16-36)22-7-10-24(11-8-22)35-29(38)34-20-21-6-13-27(30)33-19-21/h6-13,18-19,31H,2-5,14-17,20H2,1H3,(H2,30,33)(H,32,37)(H2,34,35,38). The van der Waals surface area contributed by atoms with Crippen molar-refractivity contribution in [2.75, 3.05) is 49.1 Å². The van der Waals surface area contributed by atoms with Gasteiger partial charge in [-0.15, -0.1) is 0 Å². The van der Waals surface area contributed by atoms with Crippen molar-refractivity contribution in [2.24, 2.45) is 0 Å². The molecule has 2 heterocycles. The van der Waals surface area contributed by atoms with E-state index in [2.05, 4.69) is 31.2 Å². The van der Waals surface area contributed by atoms with E-state index in [9.17, 15) is 9.59 Å². The molecule has 2 aromatic carbocycles. The molecule has 9 heteroatoms. The van der Waals surface area contributed by atoms with Crippen LogP contribution in [0.3, 0.4) is 0 Å². The molecule has 6 N–H and O–H groups in total. The molecule has 0 saturated carbocycles. The third-order valence-corrected chi connectivity index (χ3v) is 6.57. The summed E-state index contributed by atoms with van der Waals surface area (Å²) in [6.45, 7) is 6.84. The van der Waals surface area contributed by atoms with Crippen molar-refractivity contribution in [3.63, 3.8) is 0 Å². The number of nitrogens with two attached hydrogens (primary N) is 1. The zero-order valence-corrected chi connectivity index (χ0v) is 21.9. The van der Waals surface area contributed by atoms with E-state index in [1.165, 1.54) is 19.3 Å². The second-order valence-electron chi connectivity index (χ2n) is 9.43. The summed E-state index contributed by atoms with van der Waals surface area (Å²) in [6, 6.07) is 16.6. The van der Waals surface area contributed by atoms with E-state index in [4.69, 9.17) is 5.73 Å². The summed E-state index contributed by atoms with van der Waals surface area (Å²) >= 11 is 0. The van der Waals surface area contributed by atoms with Gasteiger partial charge in [-0.2, -0.15) is 0 Å². The Labute approximate surface area is 224 Å². The van der Waals surface area contributed by atoms with Crippen LogP contribution in [-0.4, -0.2) is 54.5 Å². The Bertz CT molecular complexity index is 1210. The number of benzene rings is 2. The van der Waals surface area contributed by atoms with Gasteiger partial charge in [-0.05, 0) is 79.9 Å². The van der Waals surface area contributed by atoms with Crippen molar-refractivity contribution in [2.45, 2.75) is 32.7 Å². The van der Waals surface area contributed by atoms with Crippen LogP contribution in [0.15, 0.2) is 60.8 Å². The fraction of sp³-hybridized carbons (Fsp3) is 0.345. The van der Waals surface area contributed by atoms with Crippen molar-refractivity contribution in [1.29, 1.82) is 0 Å². The van der Waals surface area contributed by atoms with Gasteiger partial charge in [-0.1, -0.05) is 30.7 Å². The number of carbonyl (C=O) groups is 2. The van der Waals surface area contributed by atoms with Crippen molar-refractivity contribution in [1.82, 2.24) is 20.5 Å². The summed E-state index contributed by atoms with van der Waals surface area (Å²) in [4.78, 5) is 31.6. The van der Waals surface area contributed by atoms with Gasteiger partial charge in [0.1, 0.15) is 5.82 Å². The Kier molecular flexibility index (Phi) is 9.53. The number of piperidine rings is 1. The number of pyridine rings is 1. The summed E-state index contributed by atoms with van der Waals surface area (Å²) in [5, 5.41) is 12.0. The summed E-state index contributed by atoms with van der Waals surface area (Å²) in [5.41, 5.74) is 10.5. The van der Waals surface area contributed by atoms with Crippen molar-refractivity contribution in [3.05, 3.63) is 71.9 Å². The average molecular weight is 516 g/mol. The van der Waals surface area contributed by atoms with Gasteiger partial charge in [0.2, 0.25) is 0 Å². The number of nitrogen functional groups attached to an aromatic ring is 1. The lowest BCUT2D eigenvalue weighted by atomic mass is 10.0. The molecule has 0 atom stereocenters. The fourth-order valence-corrected chi connectivity index (χ4v) is 4.51. The summed E-state index contributed by atoms with van der Waals surface area (Å²) in [7, 11) is 0. The number of rotatable bonds is 10. The first-order chi connectivity index (χ1) is 18.5. The molecule has 0 radical (unpaired) electrons. The lowest BCUT2D eigenvalue weighted by Crippen LogP contribution is -2.37. The largest absolute Gasteiger partial charge is 0.385 e. The van der Waals surface area contributed by atoms with E-state index >= 15 is 0 Å². The molecule has 0 unspecified atom stereocenters. The zero-order chi connectivity index (χ0) is 26.7. The van der Waals surface area contributed by atoms with E-state index in [1.54, 1.807) is 12.3 Å². The van der Waals surface area contributed by atoms with E-state index in [-0.39, 0.29) is 11.9 Å². The average Bonchev–Trinajstić information content (AvgIpc) is 2.94. The SMILES string of the molecule is CCNc1cc(-c2ccc(NC(=O)NCc3ccc(N)nc3)cc2)ccc1C(=O)NCCN1CCCCC1. The van der Waals surface area contributed by atoms with Gasteiger partial charge < -0.3 is 31.9 Å². The van der Waals surface area contributed by atoms with Crippen LogP contribution >= 0.6 is 0 Å². The topological polar surface area (TPSA) is 124 Å². The molecule has 0 aliphatic carbocycles. The number of urea groups is 1. The highest BCUT2D eigenvalue weighted by Gasteiger charge is 2.14. The highest BCUT2D eigenvalue weighted by atomic mass is 16.2. The maximum absolute atomic E-state index is 12.9. The maximum atomic E-state index is 12.9. The Hall–Kier alpha value is -4.11. The highest BCUT2D eigenvalue weighted by molar-refractivity contribution is 6.00. The van der Waals surface area contributed by atoms with Crippen molar-refractivity contribution < 1.29 is 9.59 Å². The molecule has 1 aromatic heterocycles. The third-order valence-electron chi connectivity index (χ3n) is 6.57. The van der Waals surface area contributed by atoms with E-state index in [1.807, 2.05) is 55.5 Å². The Morgan fingerprint density at radius 2 is 1.71 bits per heavy atom. The molecule has 3 amide bonds. The molecule has 200 valence electrons.